The van der Waals surface area contributed by atoms with Crippen molar-refractivity contribution in [1.82, 2.24) is 0 Å². The third-order valence-electron chi connectivity index (χ3n) is 3.00. The molecule has 3 nitrogen and oxygen atoms in total. The Morgan fingerprint density at radius 1 is 1.00 bits per heavy atom. The van der Waals surface area contributed by atoms with Crippen LogP contribution >= 0.6 is 0 Å². The van der Waals surface area contributed by atoms with Gasteiger partial charge in [0.2, 0.25) is 0 Å². The lowest BCUT2D eigenvalue weighted by atomic mass is 10.00. The van der Waals surface area contributed by atoms with Gasteiger partial charge in [-0.1, -0.05) is 48.5 Å². The predicted molar refractivity (Wildman–Crippen MR) is 76.0 cm³/mol. The Kier molecular flexibility index (Phi) is 4.31. The van der Waals surface area contributed by atoms with Gasteiger partial charge in [-0.05, 0) is 35.2 Å². The molecule has 3 heteroatoms. The molecule has 0 atom stereocenters. The number of rotatable bonds is 5. The molecule has 2 rings (SSSR count). The number of nitrogens with two attached hydrogens (primary N) is 1. The van der Waals surface area contributed by atoms with Gasteiger partial charge in [0.15, 0.2) is 0 Å². The molecule has 0 saturated carbocycles. The molecule has 0 aromatic heterocycles. The Morgan fingerprint density at radius 3 is 2.37 bits per heavy atom. The largest absolute Gasteiger partial charge is 0.481 e. The summed E-state index contributed by atoms with van der Waals surface area (Å²) in [6, 6.07) is 15.9. The molecule has 2 aromatic carbocycles. The first-order valence-corrected chi connectivity index (χ1v) is 6.29. The Labute approximate surface area is 112 Å². The number of carboxylic acids is 1. The fraction of sp³-hybridized carbons (Fsp3) is 0.188. The Balaban J connectivity index is 2.23. The van der Waals surface area contributed by atoms with Crippen molar-refractivity contribution in [3.63, 3.8) is 0 Å². The van der Waals surface area contributed by atoms with Crippen molar-refractivity contribution in [2.24, 2.45) is 5.73 Å². The van der Waals surface area contributed by atoms with E-state index in [-0.39, 0.29) is 6.42 Å². The minimum atomic E-state index is -0.810. The van der Waals surface area contributed by atoms with Crippen molar-refractivity contribution in [1.29, 1.82) is 0 Å². The molecule has 0 amide bonds. The number of carbonyl (C=O) groups is 1. The van der Waals surface area contributed by atoms with Gasteiger partial charge < -0.3 is 10.8 Å². The second-order valence-electron chi connectivity index (χ2n) is 4.51. The monoisotopic (exact) mass is 255 g/mol. The first kappa shape index (κ1) is 13.3. The highest BCUT2D eigenvalue weighted by Gasteiger charge is 2.03. The average Bonchev–Trinajstić information content (AvgIpc) is 2.39. The summed E-state index contributed by atoms with van der Waals surface area (Å²) in [4.78, 5) is 10.7. The molecule has 3 N–H and O–H groups in total. The van der Waals surface area contributed by atoms with E-state index in [0.717, 1.165) is 23.1 Å². The van der Waals surface area contributed by atoms with Crippen molar-refractivity contribution >= 4 is 5.97 Å². The van der Waals surface area contributed by atoms with Crippen LogP contribution in [0.5, 0.6) is 0 Å². The quantitative estimate of drug-likeness (QED) is 0.862. The summed E-state index contributed by atoms with van der Waals surface area (Å²) in [6.07, 6.45) is 0.929. The number of hydrogen-bond donors (Lipinski definition) is 2. The molecular weight excluding hydrogens is 238 g/mol. The van der Waals surface area contributed by atoms with Crippen LogP contribution in [0.2, 0.25) is 0 Å². The van der Waals surface area contributed by atoms with Gasteiger partial charge in [0.25, 0.3) is 0 Å². The van der Waals surface area contributed by atoms with Crippen LogP contribution in [0.3, 0.4) is 0 Å². The maximum Gasteiger partial charge on any atom is 0.307 e. The highest BCUT2D eigenvalue weighted by molar-refractivity contribution is 5.72. The average molecular weight is 255 g/mol. The van der Waals surface area contributed by atoms with Gasteiger partial charge in [-0.2, -0.15) is 0 Å². The van der Waals surface area contributed by atoms with Crippen molar-refractivity contribution in [2.75, 3.05) is 6.54 Å². The summed E-state index contributed by atoms with van der Waals surface area (Å²) in [5.74, 6) is -0.810. The number of aliphatic carboxylic acids is 1. The second kappa shape index (κ2) is 6.16. The summed E-state index contributed by atoms with van der Waals surface area (Å²) in [6.45, 7) is 0.646. The van der Waals surface area contributed by atoms with E-state index in [2.05, 4.69) is 12.1 Å². The van der Waals surface area contributed by atoms with E-state index in [1.165, 1.54) is 5.56 Å². The molecule has 0 saturated heterocycles. The number of carboxylic acid groups (broad SMARTS) is 1. The van der Waals surface area contributed by atoms with E-state index in [0.29, 0.717) is 6.54 Å². The fourth-order valence-electron chi connectivity index (χ4n) is 2.07. The first-order valence-electron chi connectivity index (χ1n) is 6.29. The van der Waals surface area contributed by atoms with Crippen LogP contribution in [0.1, 0.15) is 11.1 Å². The Hall–Kier alpha value is -2.13. The van der Waals surface area contributed by atoms with Gasteiger partial charge in [0, 0.05) is 0 Å². The normalized spacial score (nSPS) is 10.4. The van der Waals surface area contributed by atoms with Gasteiger partial charge in [-0.25, -0.2) is 0 Å². The van der Waals surface area contributed by atoms with Crippen LogP contribution in [0.15, 0.2) is 48.5 Å². The summed E-state index contributed by atoms with van der Waals surface area (Å²) in [5, 5.41) is 8.81. The van der Waals surface area contributed by atoms with Gasteiger partial charge in [-0.3, -0.25) is 4.79 Å². The number of hydrogen-bond acceptors (Lipinski definition) is 2. The third-order valence-corrected chi connectivity index (χ3v) is 3.00. The Morgan fingerprint density at radius 2 is 1.74 bits per heavy atom. The third kappa shape index (κ3) is 3.66. The summed E-state index contributed by atoms with van der Waals surface area (Å²) in [7, 11) is 0. The molecule has 0 unspecified atom stereocenters. The van der Waals surface area contributed by atoms with Crippen molar-refractivity contribution < 1.29 is 9.90 Å². The zero-order valence-corrected chi connectivity index (χ0v) is 10.7. The molecule has 0 aliphatic carbocycles. The van der Waals surface area contributed by atoms with E-state index in [1.807, 2.05) is 36.4 Å². The molecule has 2 aromatic rings. The van der Waals surface area contributed by atoms with E-state index in [4.69, 9.17) is 10.8 Å². The van der Waals surface area contributed by atoms with Crippen LogP contribution in [-0.2, 0) is 17.6 Å². The lowest BCUT2D eigenvalue weighted by Crippen LogP contribution is -2.02. The van der Waals surface area contributed by atoms with E-state index < -0.39 is 5.97 Å². The van der Waals surface area contributed by atoms with Crippen LogP contribution in [0.25, 0.3) is 11.1 Å². The molecule has 0 heterocycles. The highest BCUT2D eigenvalue weighted by Crippen LogP contribution is 2.21. The smallest absolute Gasteiger partial charge is 0.307 e. The minimum Gasteiger partial charge on any atom is -0.481 e. The molecule has 0 bridgehead atoms. The molecule has 0 aliphatic heterocycles. The van der Waals surface area contributed by atoms with Gasteiger partial charge in [0.1, 0.15) is 0 Å². The minimum absolute atomic E-state index is 0.0547. The zero-order valence-electron chi connectivity index (χ0n) is 10.7. The van der Waals surface area contributed by atoms with Gasteiger partial charge >= 0.3 is 5.97 Å². The molecule has 98 valence electrons. The second-order valence-corrected chi connectivity index (χ2v) is 4.51. The maximum atomic E-state index is 10.7. The summed E-state index contributed by atoms with van der Waals surface area (Å²) < 4.78 is 0. The molecule has 0 radical (unpaired) electrons. The Bertz CT molecular complexity index is 561. The van der Waals surface area contributed by atoms with E-state index >= 15 is 0 Å². The standard InChI is InChI=1S/C16H17NO2/c17-9-8-12-4-6-14(7-5-12)15-3-1-2-13(10-15)11-16(18)19/h1-7,10H,8-9,11,17H2,(H,18,19). The SMILES string of the molecule is NCCc1ccc(-c2cccc(CC(=O)O)c2)cc1. The van der Waals surface area contributed by atoms with Crippen molar-refractivity contribution in [2.45, 2.75) is 12.8 Å². The van der Waals surface area contributed by atoms with Gasteiger partial charge in [-0.15, -0.1) is 0 Å². The molecule has 0 fully saturated rings. The first-order chi connectivity index (χ1) is 9.19. The van der Waals surface area contributed by atoms with E-state index in [1.54, 1.807) is 0 Å². The molecule has 0 spiro atoms. The zero-order chi connectivity index (χ0) is 13.7. The molecule has 0 aliphatic rings. The molecular formula is C16H17NO2. The van der Waals surface area contributed by atoms with Crippen LogP contribution < -0.4 is 5.73 Å². The van der Waals surface area contributed by atoms with Crippen LogP contribution in [-0.4, -0.2) is 17.6 Å². The topological polar surface area (TPSA) is 63.3 Å². The van der Waals surface area contributed by atoms with Crippen LogP contribution in [0.4, 0.5) is 0 Å². The lowest BCUT2D eigenvalue weighted by molar-refractivity contribution is -0.136. The fourth-order valence-corrected chi connectivity index (χ4v) is 2.07. The van der Waals surface area contributed by atoms with Crippen LogP contribution in [0, 0.1) is 0 Å². The lowest BCUT2D eigenvalue weighted by Gasteiger charge is -2.05. The maximum absolute atomic E-state index is 10.7. The van der Waals surface area contributed by atoms with Gasteiger partial charge in [0.05, 0.1) is 6.42 Å². The summed E-state index contributed by atoms with van der Waals surface area (Å²) in [5.41, 5.74) is 9.68. The van der Waals surface area contributed by atoms with E-state index in [9.17, 15) is 4.79 Å². The van der Waals surface area contributed by atoms with Crippen molar-refractivity contribution in [3.8, 4) is 11.1 Å². The predicted octanol–water partition coefficient (Wildman–Crippen LogP) is 2.48. The number of benzene rings is 2. The summed E-state index contributed by atoms with van der Waals surface area (Å²) >= 11 is 0. The highest BCUT2D eigenvalue weighted by atomic mass is 16.4. The van der Waals surface area contributed by atoms with Crippen molar-refractivity contribution in [3.05, 3.63) is 59.7 Å². The molecule has 19 heavy (non-hydrogen) atoms.